The number of sulfonamides is 1. The number of hydrogen-bond donors (Lipinski definition) is 2. The summed E-state index contributed by atoms with van der Waals surface area (Å²) in [5.74, 6) is 0.435. The summed E-state index contributed by atoms with van der Waals surface area (Å²) in [6.07, 6.45) is 1.25. The zero-order chi connectivity index (χ0) is 18.7. The number of anilines is 1. The number of rotatable bonds is 5. The van der Waals surface area contributed by atoms with Gasteiger partial charge in [-0.2, -0.15) is 0 Å². The predicted molar refractivity (Wildman–Crippen MR) is 93.3 cm³/mol. The Labute approximate surface area is 149 Å². The molecule has 1 aromatic carbocycles. The fourth-order valence-electron chi connectivity index (χ4n) is 1.93. The summed E-state index contributed by atoms with van der Waals surface area (Å²) in [7, 11) is -3.81. The molecule has 0 radical (unpaired) electrons. The monoisotopic (exact) mass is 373 g/mol. The second kappa shape index (κ2) is 6.92. The first-order valence-corrected chi connectivity index (χ1v) is 8.96. The van der Waals surface area contributed by atoms with Gasteiger partial charge in [0.25, 0.3) is 10.0 Å². The van der Waals surface area contributed by atoms with Gasteiger partial charge in [0, 0.05) is 5.56 Å². The van der Waals surface area contributed by atoms with E-state index in [1.54, 1.807) is 13.8 Å². The fraction of sp³-hybridized carbons (Fsp3) is 0.125. The van der Waals surface area contributed by atoms with Gasteiger partial charge in [-0.05, 0) is 50.2 Å². The van der Waals surface area contributed by atoms with E-state index in [0.29, 0.717) is 22.8 Å². The van der Waals surface area contributed by atoms with Crippen molar-refractivity contribution in [2.24, 2.45) is 10.2 Å². The Hall–Kier alpha value is -3.27. The number of nitrogens with one attached hydrogen (secondary N) is 1. The Morgan fingerprint density at radius 1 is 1.08 bits per heavy atom. The van der Waals surface area contributed by atoms with Gasteiger partial charge in [0.1, 0.15) is 5.75 Å². The van der Waals surface area contributed by atoms with Crippen LogP contribution in [0.2, 0.25) is 0 Å². The first-order valence-electron chi connectivity index (χ1n) is 7.48. The van der Waals surface area contributed by atoms with Gasteiger partial charge in [-0.3, -0.25) is 0 Å². The molecule has 0 saturated carbocycles. The molecule has 2 aromatic heterocycles. The van der Waals surface area contributed by atoms with Crippen LogP contribution in [0, 0.1) is 13.8 Å². The number of hydrogen-bond acceptors (Lipinski definition) is 8. The van der Waals surface area contributed by atoms with Gasteiger partial charge in [-0.15, -0.1) is 10.2 Å². The Bertz CT molecular complexity index is 1040. The molecule has 10 heteroatoms. The van der Waals surface area contributed by atoms with Crippen LogP contribution in [0.4, 0.5) is 17.4 Å². The summed E-state index contributed by atoms with van der Waals surface area (Å²) in [6.45, 7) is 3.43. The van der Waals surface area contributed by atoms with Crippen LogP contribution in [0.15, 0.2) is 62.2 Å². The molecule has 2 N–H and O–H groups in total. The fourth-order valence-corrected chi connectivity index (χ4v) is 2.98. The predicted octanol–water partition coefficient (Wildman–Crippen LogP) is 3.61. The number of azo groups is 1. The Kier molecular flexibility index (Phi) is 4.67. The number of aromatic nitrogens is 2. The molecule has 0 aliphatic rings. The second-order valence-electron chi connectivity index (χ2n) is 5.40. The minimum atomic E-state index is -3.81. The molecule has 0 aliphatic carbocycles. The van der Waals surface area contributed by atoms with E-state index >= 15 is 0 Å². The van der Waals surface area contributed by atoms with Crippen LogP contribution in [-0.4, -0.2) is 23.7 Å². The van der Waals surface area contributed by atoms with E-state index in [1.165, 1.54) is 42.6 Å². The third-order valence-electron chi connectivity index (χ3n) is 3.53. The van der Waals surface area contributed by atoms with Crippen molar-refractivity contribution >= 4 is 27.4 Å². The zero-order valence-electron chi connectivity index (χ0n) is 13.9. The topological polar surface area (TPSA) is 130 Å². The zero-order valence-corrected chi connectivity index (χ0v) is 14.7. The summed E-state index contributed by atoms with van der Waals surface area (Å²) >= 11 is 0. The molecule has 3 aromatic rings. The van der Waals surface area contributed by atoms with Crippen LogP contribution in [0.5, 0.6) is 5.75 Å². The number of aryl methyl sites for hydroxylation is 1. The average molecular weight is 373 g/mol. The highest BCUT2D eigenvalue weighted by Crippen LogP contribution is 2.24. The maximum absolute atomic E-state index is 12.4. The van der Waals surface area contributed by atoms with Crippen LogP contribution in [0.3, 0.4) is 0 Å². The average Bonchev–Trinajstić information content (AvgIpc) is 2.93. The number of nitrogens with zero attached hydrogens (tertiary/aromatic N) is 4. The van der Waals surface area contributed by atoms with Gasteiger partial charge in [0.05, 0.1) is 22.5 Å². The van der Waals surface area contributed by atoms with Gasteiger partial charge in [-0.1, -0.05) is 5.16 Å². The lowest BCUT2D eigenvalue weighted by molar-refractivity contribution is 0.430. The van der Waals surface area contributed by atoms with Gasteiger partial charge in [-0.25, -0.2) is 18.1 Å². The molecule has 0 bridgehead atoms. The molecule has 3 rings (SSSR count). The highest BCUT2D eigenvalue weighted by atomic mass is 32.2. The molecule has 0 atom stereocenters. The first-order chi connectivity index (χ1) is 12.3. The minimum Gasteiger partial charge on any atom is -0.506 e. The third-order valence-corrected chi connectivity index (χ3v) is 4.88. The first kappa shape index (κ1) is 17.5. The molecule has 0 unspecified atom stereocenters. The van der Waals surface area contributed by atoms with Crippen LogP contribution in [-0.2, 0) is 10.0 Å². The van der Waals surface area contributed by atoms with E-state index in [1.807, 2.05) is 0 Å². The molecule has 0 spiro atoms. The summed E-state index contributed by atoms with van der Waals surface area (Å²) in [4.78, 5) is 3.92. The summed E-state index contributed by atoms with van der Waals surface area (Å²) in [5, 5.41) is 20.8. The molecule has 134 valence electrons. The SMILES string of the molecule is Cc1noc(NS(=O)(=O)c2ccc(N=Nc3ccc(O)cn3)cc2)c1C. The quantitative estimate of drug-likeness (QED) is 0.657. The van der Waals surface area contributed by atoms with Gasteiger partial charge >= 0.3 is 0 Å². The lowest BCUT2D eigenvalue weighted by Crippen LogP contribution is -2.12. The lowest BCUT2D eigenvalue weighted by atomic mass is 10.3. The van der Waals surface area contributed by atoms with Crippen LogP contribution in [0.25, 0.3) is 0 Å². The summed E-state index contributed by atoms with van der Waals surface area (Å²) < 4.78 is 32.1. The number of aromatic hydroxyl groups is 1. The molecule has 0 fully saturated rings. The molecule has 9 nitrogen and oxygen atoms in total. The number of pyridine rings is 1. The highest BCUT2D eigenvalue weighted by molar-refractivity contribution is 7.92. The van der Waals surface area contributed by atoms with Crippen molar-refractivity contribution < 1.29 is 18.0 Å². The molecule has 0 aliphatic heterocycles. The van der Waals surface area contributed by atoms with Crippen LogP contribution in [0.1, 0.15) is 11.3 Å². The van der Waals surface area contributed by atoms with Crippen molar-refractivity contribution in [2.45, 2.75) is 18.7 Å². The van der Waals surface area contributed by atoms with Crippen LogP contribution >= 0.6 is 0 Å². The molecule has 0 amide bonds. The highest BCUT2D eigenvalue weighted by Gasteiger charge is 2.19. The van der Waals surface area contributed by atoms with Crippen molar-refractivity contribution in [1.29, 1.82) is 0 Å². The van der Waals surface area contributed by atoms with E-state index in [9.17, 15) is 8.42 Å². The molecule has 2 heterocycles. The summed E-state index contributed by atoms with van der Waals surface area (Å²) in [5.41, 5.74) is 1.69. The molecule has 0 saturated heterocycles. The second-order valence-corrected chi connectivity index (χ2v) is 7.08. The lowest BCUT2D eigenvalue weighted by Gasteiger charge is -2.05. The van der Waals surface area contributed by atoms with E-state index in [4.69, 9.17) is 9.63 Å². The molecule has 26 heavy (non-hydrogen) atoms. The maximum Gasteiger partial charge on any atom is 0.264 e. The number of benzene rings is 1. The van der Waals surface area contributed by atoms with Crippen molar-refractivity contribution in [2.75, 3.05) is 4.72 Å². The smallest absolute Gasteiger partial charge is 0.264 e. The Morgan fingerprint density at radius 2 is 1.81 bits per heavy atom. The molecular formula is C16H15N5O4S. The normalized spacial score (nSPS) is 11.8. The van der Waals surface area contributed by atoms with Crippen molar-refractivity contribution in [3.8, 4) is 5.75 Å². The Balaban J connectivity index is 1.76. The van der Waals surface area contributed by atoms with Crippen LogP contribution < -0.4 is 4.72 Å². The van der Waals surface area contributed by atoms with E-state index in [2.05, 4.69) is 25.1 Å². The largest absolute Gasteiger partial charge is 0.506 e. The summed E-state index contributed by atoms with van der Waals surface area (Å²) in [6, 6.07) is 8.77. The van der Waals surface area contributed by atoms with Gasteiger partial charge < -0.3 is 9.63 Å². The minimum absolute atomic E-state index is 0.0307. The molecular weight excluding hydrogens is 358 g/mol. The van der Waals surface area contributed by atoms with Gasteiger partial charge in [0.15, 0.2) is 5.82 Å². The van der Waals surface area contributed by atoms with Crippen molar-refractivity contribution in [1.82, 2.24) is 10.1 Å². The van der Waals surface area contributed by atoms with Crippen molar-refractivity contribution in [3.63, 3.8) is 0 Å². The Morgan fingerprint density at radius 3 is 2.38 bits per heavy atom. The maximum atomic E-state index is 12.4. The van der Waals surface area contributed by atoms with E-state index in [0.717, 1.165) is 0 Å². The van der Waals surface area contributed by atoms with Gasteiger partial charge in [0.2, 0.25) is 5.88 Å². The van der Waals surface area contributed by atoms with Crippen molar-refractivity contribution in [3.05, 3.63) is 53.9 Å². The van der Waals surface area contributed by atoms with E-state index < -0.39 is 10.0 Å². The standard InChI is InChI=1S/C16H15N5O4S/c1-10-11(2)20-25-16(10)21-26(23,24)14-6-3-12(4-7-14)18-19-15-8-5-13(22)9-17-15/h3-9,21-22H,1-2H3. The third kappa shape index (κ3) is 3.86. The van der Waals surface area contributed by atoms with E-state index in [-0.39, 0.29) is 16.5 Å².